The van der Waals surface area contributed by atoms with Crippen LogP contribution in [0.15, 0.2) is 59.5 Å². The first-order chi connectivity index (χ1) is 17.9. The third-order valence-corrected chi connectivity index (χ3v) is 7.16. The average molecular weight is 549 g/mol. The van der Waals surface area contributed by atoms with E-state index in [9.17, 15) is 23.1 Å². The van der Waals surface area contributed by atoms with Gasteiger partial charge < -0.3 is 31.5 Å². The fourth-order valence-corrected chi connectivity index (χ4v) is 4.68. The molecule has 11 nitrogen and oxygen atoms in total. The maximum absolute atomic E-state index is 12.8. The van der Waals surface area contributed by atoms with E-state index in [4.69, 9.17) is 20.3 Å². The highest BCUT2D eigenvalue weighted by Crippen LogP contribution is 2.38. The number of carbonyl (C=O) groups excluding carboxylic acids is 2. The minimum Gasteiger partial charge on any atom is -0.508 e. The van der Waals surface area contributed by atoms with Crippen LogP contribution in [0, 0.1) is 5.41 Å². The standard InChI is InChI=1S/C19H30BN3O5.C6H6O3S/c21-16(4-3-12-20(27)28)23-18(26)19(10-1-2-11-19)17(25)22-13-9-14-5-7-15(24)8-6-14;7-10(8,9)6-4-2-1-3-5-6/h5-8,16,24,27-28H,1-4,9-13,21H2,(H,22,25)(H,23,26);1-5H,(H,7,8,9). The third kappa shape index (κ3) is 10.1. The van der Waals surface area contributed by atoms with Crippen LogP contribution in [0.2, 0.25) is 6.32 Å². The number of aromatic hydroxyl groups is 1. The number of nitrogens with two attached hydrogens (primary N) is 1. The highest BCUT2D eigenvalue weighted by Gasteiger charge is 2.47. The van der Waals surface area contributed by atoms with Gasteiger partial charge in [0.05, 0.1) is 11.1 Å². The highest BCUT2D eigenvalue weighted by atomic mass is 32.2. The molecule has 0 spiro atoms. The predicted octanol–water partition coefficient (Wildman–Crippen LogP) is 1.20. The largest absolute Gasteiger partial charge is 0.508 e. The fraction of sp³-hybridized carbons (Fsp3) is 0.440. The molecule has 0 heterocycles. The minimum atomic E-state index is -4.00. The monoisotopic (exact) mass is 549 g/mol. The van der Waals surface area contributed by atoms with Gasteiger partial charge in [0.1, 0.15) is 11.2 Å². The van der Waals surface area contributed by atoms with Gasteiger partial charge in [-0.25, -0.2) is 0 Å². The van der Waals surface area contributed by atoms with Crippen LogP contribution in [0.5, 0.6) is 5.75 Å². The Bertz CT molecular complexity index is 1130. The number of amides is 2. The molecule has 1 aliphatic rings. The van der Waals surface area contributed by atoms with Crippen molar-refractivity contribution in [3.8, 4) is 5.75 Å². The summed E-state index contributed by atoms with van der Waals surface area (Å²) in [5, 5.41) is 32.7. The van der Waals surface area contributed by atoms with Crippen LogP contribution in [0.4, 0.5) is 0 Å². The van der Waals surface area contributed by atoms with Crippen molar-refractivity contribution in [1.29, 1.82) is 0 Å². The molecular weight excluding hydrogens is 513 g/mol. The molecule has 1 unspecified atom stereocenters. The Morgan fingerprint density at radius 3 is 2.13 bits per heavy atom. The van der Waals surface area contributed by atoms with E-state index in [-0.39, 0.29) is 28.8 Å². The van der Waals surface area contributed by atoms with E-state index >= 15 is 0 Å². The van der Waals surface area contributed by atoms with Crippen LogP contribution in [-0.4, -0.2) is 59.8 Å². The lowest BCUT2D eigenvalue weighted by atomic mass is 9.82. The second-order valence-corrected chi connectivity index (χ2v) is 10.7. The topological polar surface area (TPSA) is 199 Å². The summed E-state index contributed by atoms with van der Waals surface area (Å²) < 4.78 is 29.2. The SMILES string of the molecule is NC(CCCB(O)O)NC(=O)C1(C(=O)NCCc2ccc(O)cc2)CCCC1.O=S(=O)(O)c1ccccc1. The number of phenolic OH excluding ortho intramolecular Hbond substituents is 1. The molecule has 0 saturated heterocycles. The van der Waals surface area contributed by atoms with Crippen molar-refractivity contribution in [2.24, 2.45) is 11.1 Å². The van der Waals surface area contributed by atoms with Crippen LogP contribution in [0.1, 0.15) is 44.1 Å². The van der Waals surface area contributed by atoms with Gasteiger partial charge in [-0.05, 0) is 61.8 Å². The Kier molecular flexibility index (Phi) is 12.2. The van der Waals surface area contributed by atoms with E-state index < -0.39 is 28.8 Å². The summed E-state index contributed by atoms with van der Waals surface area (Å²) in [7, 11) is -5.39. The number of nitrogens with one attached hydrogen (secondary N) is 2. The van der Waals surface area contributed by atoms with Crippen molar-refractivity contribution >= 4 is 29.1 Å². The van der Waals surface area contributed by atoms with E-state index in [1.54, 1.807) is 42.5 Å². The van der Waals surface area contributed by atoms with E-state index in [2.05, 4.69) is 10.6 Å². The van der Waals surface area contributed by atoms with Gasteiger partial charge in [0.2, 0.25) is 11.8 Å². The molecule has 0 bridgehead atoms. The molecular formula is C25H36BN3O8S. The number of rotatable bonds is 11. The molecule has 0 aliphatic heterocycles. The van der Waals surface area contributed by atoms with Crippen molar-refractivity contribution in [2.75, 3.05) is 6.54 Å². The number of phenols is 1. The molecule has 2 aromatic carbocycles. The zero-order valence-corrected chi connectivity index (χ0v) is 21.9. The van der Waals surface area contributed by atoms with Gasteiger partial charge in [0.25, 0.3) is 10.1 Å². The summed E-state index contributed by atoms with van der Waals surface area (Å²) in [4.78, 5) is 25.6. The highest BCUT2D eigenvalue weighted by molar-refractivity contribution is 7.85. The molecule has 0 radical (unpaired) electrons. The van der Waals surface area contributed by atoms with Gasteiger partial charge in [0, 0.05) is 6.54 Å². The van der Waals surface area contributed by atoms with Crippen LogP contribution < -0.4 is 16.4 Å². The Morgan fingerprint density at radius 2 is 1.61 bits per heavy atom. The molecule has 38 heavy (non-hydrogen) atoms. The van der Waals surface area contributed by atoms with Crippen molar-refractivity contribution in [3.63, 3.8) is 0 Å². The zero-order chi connectivity index (χ0) is 28.2. The lowest BCUT2D eigenvalue weighted by molar-refractivity contribution is -0.143. The summed E-state index contributed by atoms with van der Waals surface area (Å²) in [6, 6.07) is 14.2. The number of hydrogen-bond donors (Lipinski definition) is 7. The molecule has 1 atom stereocenters. The van der Waals surface area contributed by atoms with Crippen molar-refractivity contribution < 1.29 is 37.7 Å². The fourth-order valence-electron chi connectivity index (χ4n) is 4.18. The molecule has 2 aromatic rings. The molecule has 1 fully saturated rings. The van der Waals surface area contributed by atoms with Crippen LogP contribution >= 0.6 is 0 Å². The van der Waals surface area contributed by atoms with E-state index in [0.717, 1.165) is 18.4 Å². The first-order valence-corrected chi connectivity index (χ1v) is 13.9. The number of carbonyl (C=O) groups is 2. The molecule has 13 heteroatoms. The molecule has 1 aliphatic carbocycles. The van der Waals surface area contributed by atoms with Gasteiger partial charge in [-0.3, -0.25) is 14.1 Å². The van der Waals surface area contributed by atoms with Gasteiger partial charge in [-0.2, -0.15) is 8.42 Å². The van der Waals surface area contributed by atoms with Crippen LogP contribution in [-0.2, 0) is 26.1 Å². The summed E-state index contributed by atoms with van der Waals surface area (Å²) in [5.74, 6) is -0.442. The molecule has 2 amide bonds. The van der Waals surface area contributed by atoms with Crippen LogP contribution in [0.3, 0.4) is 0 Å². The zero-order valence-electron chi connectivity index (χ0n) is 21.1. The smallest absolute Gasteiger partial charge is 0.451 e. The Morgan fingerprint density at radius 1 is 1.00 bits per heavy atom. The maximum Gasteiger partial charge on any atom is 0.451 e. The molecule has 8 N–H and O–H groups in total. The van der Waals surface area contributed by atoms with Gasteiger partial charge in [-0.1, -0.05) is 49.6 Å². The van der Waals surface area contributed by atoms with E-state index in [1.807, 2.05) is 0 Å². The lowest BCUT2D eigenvalue weighted by Gasteiger charge is -2.28. The van der Waals surface area contributed by atoms with E-state index in [0.29, 0.717) is 38.6 Å². The first-order valence-electron chi connectivity index (χ1n) is 12.5. The second-order valence-electron chi connectivity index (χ2n) is 9.24. The molecule has 208 valence electrons. The lowest BCUT2D eigenvalue weighted by Crippen LogP contribution is -2.54. The van der Waals surface area contributed by atoms with Gasteiger partial charge in [0.15, 0.2) is 0 Å². The summed E-state index contributed by atoms with van der Waals surface area (Å²) in [5.41, 5.74) is 5.82. The quantitative estimate of drug-likeness (QED) is 0.0931. The molecule has 0 aromatic heterocycles. The third-order valence-electron chi connectivity index (χ3n) is 6.30. The Balaban J connectivity index is 0.000000423. The molecule has 3 rings (SSSR count). The number of benzene rings is 2. The minimum absolute atomic E-state index is 0.0741. The van der Waals surface area contributed by atoms with Gasteiger partial charge in [-0.15, -0.1) is 0 Å². The Hall–Kier alpha value is -2.97. The van der Waals surface area contributed by atoms with Crippen molar-refractivity contribution in [3.05, 3.63) is 60.2 Å². The molecule has 1 saturated carbocycles. The number of hydrogen-bond acceptors (Lipinski definition) is 8. The summed E-state index contributed by atoms with van der Waals surface area (Å²) in [6.07, 6.45) is 3.63. The predicted molar refractivity (Wildman–Crippen MR) is 142 cm³/mol. The van der Waals surface area contributed by atoms with E-state index in [1.165, 1.54) is 12.1 Å². The second kappa shape index (κ2) is 14.8. The first kappa shape index (κ1) is 31.3. The van der Waals surface area contributed by atoms with Crippen molar-refractivity contribution in [2.45, 2.75) is 62.3 Å². The average Bonchev–Trinajstić information content (AvgIpc) is 3.37. The Labute approximate surface area is 223 Å². The maximum atomic E-state index is 12.8. The normalized spacial score (nSPS) is 15.1. The summed E-state index contributed by atoms with van der Waals surface area (Å²) >= 11 is 0. The van der Waals surface area contributed by atoms with Crippen molar-refractivity contribution in [1.82, 2.24) is 10.6 Å². The van der Waals surface area contributed by atoms with Gasteiger partial charge >= 0.3 is 7.12 Å². The summed E-state index contributed by atoms with van der Waals surface area (Å²) in [6.45, 7) is 0.402. The van der Waals surface area contributed by atoms with Crippen LogP contribution in [0.25, 0.3) is 0 Å².